The minimum absolute atomic E-state index is 0.363. The highest BCUT2D eigenvalue weighted by atomic mass is 79.9. The Morgan fingerprint density at radius 3 is 3.21 bits per heavy atom. The highest BCUT2D eigenvalue weighted by molar-refractivity contribution is 9.10. The van der Waals surface area contributed by atoms with E-state index in [2.05, 4.69) is 37.7 Å². The summed E-state index contributed by atoms with van der Waals surface area (Å²) in [6.45, 7) is 2.00. The normalized spacial score (nSPS) is 18.1. The maximum Gasteiger partial charge on any atom is 0.141 e. The summed E-state index contributed by atoms with van der Waals surface area (Å²) < 4.78 is 0.967. The topological polar surface area (TPSA) is 50.9 Å². The number of nitrogens with one attached hydrogen (secondary N) is 1. The van der Waals surface area contributed by atoms with Crippen LogP contribution in [-0.4, -0.2) is 4.98 Å². The third-order valence-electron chi connectivity index (χ3n) is 3.67. The fourth-order valence-corrected chi connectivity index (χ4v) is 3.93. The smallest absolute Gasteiger partial charge is 0.141 e. The van der Waals surface area contributed by atoms with Gasteiger partial charge in [0.05, 0.1) is 22.4 Å². The summed E-state index contributed by atoms with van der Waals surface area (Å²) in [6.07, 6.45) is 5.32. The largest absolute Gasteiger partial charge is 0.397 e. The summed E-state index contributed by atoms with van der Waals surface area (Å²) in [7, 11) is 0. The van der Waals surface area contributed by atoms with E-state index >= 15 is 0 Å². The van der Waals surface area contributed by atoms with Crippen LogP contribution < -0.4 is 11.1 Å². The average Bonchev–Trinajstić information content (AvgIpc) is 2.89. The molecule has 3 rings (SSSR count). The van der Waals surface area contributed by atoms with Gasteiger partial charge >= 0.3 is 0 Å². The summed E-state index contributed by atoms with van der Waals surface area (Å²) >= 11 is 5.44. The zero-order valence-electron chi connectivity index (χ0n) is 10.7. The molecule has 1 atom stereocenters. The summed E-state index contributed by atoms with van der Waals surface area (Å²) in [4.78, 5) is 5.92. The van der Waals surface area contributed by atoms with Crippen LogP contribution in [0.15, 0.2) is 22.1 Å². The molecule has 2 heterocycles. The van der Waals surface area contributed by atoms with Crippen molar-refractivity contribution < 1.29 is 0 Å². The van der Waals surface area contributed by atoms with Gasteiger partial charge in [0.2, 0.25) is 0 Å². The van der Waals surface area contributed by atoms with E-state index in [9.17, 15) is 0 Å². The van der Waals surface area contributed by atoms with Crippen molar-refractivity contribution in [3.63, 3.8) is 0 Å². The number of fused-ring (bicyclic) bond motifs is 1. The van der Waals surface area contributed by atoms with Crippen molar-refractivity contribution in [1.82, 2.24) is 4.98 Å². The molecule has 0 saturated heterocycles. The fraction of sp³-hybridized carbons (Fsp3) is 0.357. The van der Waals surface area contributed by atoms with Crippen LogP contribution in [0.4, 0.5) is 11.5 Å². The molecule has 0 spiro atoms. The van der Waals surface area contributed by atoms with Crippen LogP contribution in [0.2, 0.25) is 0 Å². The predicted octanol–water partition coefficient (Wildman–Crippen LogP) is 4.29. The molecule has 19 heavy (non-hydrogen) atoms. The summed E-state index contributed by atoms with van der Waals surface area (Å²) in [6, 6.07) is 2.59. The van der Waals surface area contributed by atoms with Gasteiger partial charge in [-0.1, -0.05) is 0 Å². The van der Waals surface area contributed by atoms with Gasteiger partial charge in [0.1, 0.15) is 5.82 Å². The number of hydrogen-bond donors (Lipinski definition) is 2. The van der Waals surface area contributed by atoms with Crippen LogP contribution in [0, 0.1) is 6.92 Å². The monoisotopic (exact) mass is 337 g/mol. The van der Waals surface area contributed by atoms with Gasteiger partial charge in [-0.25, -0.2) is 4.98 Å². The van der Waals surface area contributed by atoms with E-state index < -0.39 is 0 Å². The van der Waals surface area contributed by atoms with Gasteiger partial charge in [0.25, 0.3) is 0 Å². The molecule has 0 radical (unpaired) electrons. The lowest BCUT2D eigenvalue weighted by Crippen LogP contribution is -2.17. The van der Waals surface area contributed by atoms with E-state index in [4.69, 9.17) is 5.73 Å². The van der Waals surface area contributed by atoms with E-state index in [0.29, 0.717) is 6.04 Å². The first-order valence-electron chi connectivity index (χ1n) is 6.40. The number of aromatic nitrogens is 1. The summed E-state index contributed by atoms with van der Waals surface area (Å²) in [5.41, 5.74) is 9.05. The first kappa shape index (κ1) is 12.9. The quantitative estimate of drug-likeness (QED) is 0.859. The highest BCUT2D eigenvalue weighted by Gasteiger charge is 2.22. The van der Waals surface area contributed by atoms with Crippen molar-refractivity contribution in [2.45, 2.75) is 32.2 Å². The molecule has 0 amide bonds. The Morgan fingerprint density at radius 1 is 1.53 bits per heavy atom. The fourth-order valence-electron chi connectivity index (χ4n) is 2.49. The van der Waals surface area contributed by atoms with E-state index in [1.54, 1.807) is 6.20 Å². The molecule has 100 valence electrons. The van der Waals surface area contributed by atoms with Crippen molar-refractivity contribution in [2.75, 3.05) is 11.1 Å². The Balaban J connectivity index is 1.90. The van der Waals surface area contributed by atoms with Crippen molar-refractivity contribution in [1.29, 1.82) is 0 Å². The number of hydrogen-bond acceptors (Lipinski definition) is 4. The van der Waals surface area contributed by atoms with E-state index in [0.717, 1.165) is 28.0 Å². The van der Waals surface area contributed by atoms with Gasteiger partial charge in [-0.3, -0.25) is 0 Å². The molecule has 3 nitrogen and oxygen atoms in total. The number of aryl methyl sites for hydroxylation is 1. The number of thiophene rings is 1. The van der Waals surface area contributed by atoms with Gasteiger partial charge in [0.15, 0.2) is 0 Å². The Labute approximate surface area is 125 Å². The number of pyridine rings is 1. The maximum atomic E-state index is 5.86. The van der Waals surface area contributed by atoms with Crippen LogP contribution in [0.25, 0.3) is 0 Å². The Hall–Kier alpha value is -1.07. The van der Waals surface area contributed by atoms with E-state index in [-0.39, 0.29) is 0 Å². The zero-order valence-corrected chi connectivity index (χ0v) is 13.1. The second-order valence-electron chi connectivity index (χ2n) is 4.89. The molecule has 3 N–H and O–H groups in total. The zero-order chi connectivity index (χ0) is 13.4. The first-order valence-corrected chi connectivity index (χ1v) is 8.07. The molecule has 0 bridgehead atoms. The van der Waals surface area contributed by atoms with Crippen LogP contribution in [0.3, 0.4) is 0 Å². The van der Waals surface area contributed by atoms with Crippen molar-refractivity contribution in [3.05, 3.63) is 38.1 Å². The molecular formula is C14H16BrN3S. The molecule has 1 unspecified atom stereocenters. The molecule has 2 aromatic rings. The standard InChI is InChI=1S/C14H16BrN3S/c1-8-10(16)7-17-14(13(8)15)18-11-3-2-4-12-9(11)5-6-19-12/h5-7,11H,2-4,16H2,1H3,(H,17,18). The Bertz CT molecular complexity index is 609. The minimum atomic E-state index is 0.363. The molecule has 0 fully saturated rings. The molecule has 0 aromatic carbocycles. The molecule has 0 aliphatic heterocycles. The maximum absolute atomic E-state index is 5.86. The van der Waals surface area contributed by atoms with Gasteiger partial charge < -0.3 is 11.1 Å². The average molecular weight is 338 g/mol. The predicted molar refractivity (Wildman–Crippen MR) is 84.7 cm³/mol. The summed E-state index contributed by atoms with van der Waals surface area (Å²) in [5, 5.41) is 5.73. The van der Waals surface area contributed by atoms with Crippen molar-refractivity contribution in [2.24, 2.45) is 0 Å². The molecule has 2 aromatic heterocycles. The minimum Gasteiger partial charge on any atom is -0.397 e. The lowest BCUT2D eigenvalue weighted by Gasteiger charge is -2.25. The van der Waals surface area contributed by atoms with E-state index in [1.165, 1.54) is 23.3 Å². The van der Waals surface area contributed by atoms with Crippen LogP contribution >= 0.6 is 27.3 Å². The number of rotatable bonds is 2. The number of nitrogens with zero attached hydrogens (tertiary/aromatic N) is 1. The van der Waals surface area contributed by atoms with Crippen LogP contribution in [0.1, 0.15) is 34.9 Å². The third kappa shape index (κ3) is 2.37. The molecule has 0 saturated carbocycles. The Morgan fingerprint density at radius 2 is 2.37 bits per heavy atom. The lowest BCUT2D eigenvalue weighted by molar-refractivity contribution is 0.606. The number of nitrogen functional groups attached to an aromatic ring is 1. The van der Waals surface area contributed by atoms with E-state index in [1.807, 2.05) is 18.3 Å². The lowest BCUT2D eigenvalue weighted by atomic mass is 9.94. The van der Waals surface area contributed by atoms with Gasteiger partial charge in [-0.15, -0.1) is 11.3 Å². The number of nitrogens with two attached hydrogens (primary N) is 1. The Kier molecular flexibility index (Phi) is 3.50. The third-order valence-corrected chi connectivity index (χ3v) is 5.63. The van der Waals surface area contributed by atoms with Crippen LogP contribution in [0.5, 0.6) is 0 Å². The van der Waals surface area contributed by atoms with Gasteiger partial charge in [0, 0.05) is 4.88 Å². The van der Waals surface area contributed by atoms with Crippen LogP contribution in [-0.2, 0) is 6.42 Å². The van der Waals surface area contributed by atoms with Gasteiger partial charge in [-0.2, -0.15) is 0 Å². The molecule has 1 aliphatic rings. The second kappa shape index (κ2) is 5.13. The molecular weight excluding hydrogens is 322 g/mol. The summed E-state index contributed by atoms with van der Waals surface area (Å²) in [5.74, 6) is 0.885. The second-order valence-corrected chi connectivity index (χ2v) is 6.68. The van der Waals surface area contributed by atoms with Gasteiger partial charge in [-0.05, 0) is 64.7 Å². The molecule has 5 heteroatoms. The number of halogens is 1. The SMILES string of the molecule is Cc1c(N)cnc(NC2CCCc3sccc32)c1Br. The highest BCUT2D eigenvalue weighted by Crippen LogP contribution is 2.37. The van der Waals surface area contributed by atoms with Crippen molar-refractivity contribution >= 4 is 38.8 Å². The number of anilines is 2. The molecule has 1 aliphatic carbocycles. The first-order chi connectivity index (χ1) is 9.16. The van der Waals surface area contributed by atoms with Crippen molar-refractivity contribution in [3.8, 4) is 0 Å².